The molecule has 4 nitrogen and oxygen atoms in total. The molecule has 1 aromatic carbocycles. The van der Waals surface area contributed by atoms with Crippen molar-refractivity contribution >= 4 is 16.7 Å². The van der Waals surface area contributed by atoms with Crippen molar-refractivity contribution in [1.82, 2.24) is 10.3 Å². The summed E-state index contributed by atoms with van der Waals surface area (Å²) < 4.78 is 0. The molecule has 2 fully saturated rings. The molecule has 26 heavy (non-hydrogen) atoms. The molecule has 5 rings (SSSR count). The topological polar surface area (TPSA) is 48.4 Å². The number of nitrogens with one attached hydrogen (secondary N) is 1. The Bertz CT molecular complexity index is 845. The molecule has 1 aromatic heterocycles. The van der Waals surface area contributed by atoms with Crippen molar-refractivity contribution in [2.45, 2.75) is 51.6 Å². The molecule has 3 aliphatic rings. The second kappa shape index (κ2) is 6.21. The summed E-state index contributed by atoms with van der Waals surface area (Å²) in [5.74, 6) is 1.09. The Morgan fingerprint density at radius 3 is 2.88 bits per heavy atom. The van der Waals surface area contributed by atoms with Crippen LogP contribution in [0.3, 0.4) is 0 Å². The van der Waals surface area contributed by atoms with Gasteiger partial charge in [-0.2, -0.15) is 0 Å². The molecule has 0 bridgehead atoms. The molecule has 0 unspecified atom stereocenters. The van der Waals surface area contributed by atoms with Gasteiger partial charge < -0.3 is 15.3 Å². The van der Waals surface area contributed by atoms with E-state index in [2.05, 4.69) is 35.3 Å². The first-order valence-corrected chi connectivity index (χ1v) is 10.2. The fourth-order valence-electron chi connectivity index (χ4n) is 5.38. The van der Waals surface area contributed by atoms with E-state index in [9.17, 15) is 5.11 Å². The van der Waals surface area contributed by atoms with E-state index in [1.165, 1.54) is 41.3 Å². The van der Waals surface area contributed by atoms with Crippen molar-refractivity contribution in [3.05, 3.63) is 34.9 Å². The SMILES string of the molecule is Cc1cc(N2CCC[C@]3(CNCC[C@@H]3O)C2)nc2cc3c(cc12)CCC3. The van der Waals surface area contributed by atoms with Crippen LogP contribution in [0.4, 0.5) is 5.82 Å². The van der Waals surface area contributed by atoms with Crippen molar-refractivity contribution in [2.75, 3.05) is 31.1 Å². The second-order valence-electron chi connectivity index (χ2n) is 8.66. The van der Waals surface area contributed by atoms with Gasteiger partial charge in [0, 0.05) is 30.4 Å². The third kappa shape index (κ3) is 2.62. The van der Waals surface area contributed by atoms with E-state index in [-0.39, 0.29) is 11.5 Å². The number of fused-ring (bicyclic) bond motifs is 2. The van der Waals surface area contributed by atoms with Crippen LogP contribution < -0.4 is 10.2 Å². The normalized spacial score (nSPS) is 28.7. The number of aliphatic hydroxyl groups excluding tert-OH is 1. The lowest BCUT2D eigenvalue weighted by Crippen LogP contribution is -2.58. The summed E-state index contributed by atoms with van der Waals surface area (Å²) in [5.41, 5.74) is 5.45. The molecule has 1 aliphatic carbocycles. The second-order valence-corrected chi connectivity index (χ2v) is 8.66. The van der Waals surface area contributed by atoms with Crippen LogP contribution in [0.1, 0.15) is 42.4 Å². The summed E-state index contributed by atoms with van der Waals surface area (Å²) in [4.78, 5) is 7.48. The van der Waals surface area contributed by atoms with Gasteiger partial charge >= 0.3 is 0 Å². The van der Waals surface area contributed by atoms with E-state index in [0.29, 0.717) is 0 Å². The first-order valence-electron chi connectivity index (χ1n) is 10.2. The van der Waals surface area contributed by atoms with Gasteiger partial charge in [0.1, 0.15) is 5.82 Å². The van der Waals surface area contributed by atoms with Gasteiger partial charge in [-0.15, -0.1) is 0 Å². The summed E-state index contributed by atoms with van der Waals surface area (Å²) in [6.45, 7) is 6.01. The first kappa shape index (κ1) is 16.5. The summed E-state index contributed by atoms with van der Waals surface area (Å²) in [5, 5.41) is 15.5. The maximum Gasteiger partial charge on any atom is 0.129 e. The van der Waals surface area contributed by atoms with Crippen molar-refractivity contribution < 1.29 is 5.11 Å². The lowest BCUT2D eigenvalue weighted by molar-refractivity contribution is -0.0102. The van der Waals surface area contributed by atoms with Crippen LogP contribution in [0.25, 0.3) is 10.9 Å². The quantitative estimate of drug-likeness (QED) is 0.829. The highest BCUT2D eigenvalue weighted by molar-refractivity contribution is 5.85. The Labute approximate surface area is 155 Å². The van der Waals surface area contributed by atoms with E-state index in [1.54, 1.807) is 0 Å². The monoisotopic (exact) mass is 351 g/mol. The molecule has 138 valence electrons. The van der Waals surface area contributed by atoms with E-state index in [1.807, 2.05) is 0 Å². The summed E-state index contributed by atoms with van der Waals surface area (Å²) >= 11 is 0. The third-order valence-electron chi connectivity index (χ3n) is 6.93. The standard InChI is InChI=1S/C22H29N3O/c1-15-10-21(24-19-12-17-5-2-4-16(17)11-18(15)19)25-9-3-7-22(14-25)13-23-8-6-20(22)26/h10-12,20,23,26H,2-9,13-14H2,1H3/t20-,22-/m0/s1. The lowest BCUT2D eigenvalue weighted by atomic mass is 9.72. The molecule has 0 saturated carbocycles. The van der Waals surface area contributed by atoms with Gasteiger partial charge in [0.05, 0.1) is 11.6 Å². The number of aromatic nitrogens is 1. The van der Waals surface area contributed by atoms with Crippen LogP contribution in [0.15, 0.2) is 18.2 Å². The molecule has 3 heterocycles. The number of anilines is 1. The molecule has 0 radical (unpaired) electrons. The van der Waals surface area contributed by atoms with E-state index >= 15 is 0 Å². The smallest absolute Gasteiger partial charge is 0.129 e. The third-order valence-corrected chi connectivity index (χ3v) is 6.93. The van der Waals surface area contributed by atoms with E-state index in [4.69, 9.17) is 4.98 Å². The fourth-order valence-corrected chi connectivity index (χ4v) is 5.38. The molecule has 2 aromatic rings. The minimum Gasteiger partial charge on any atom is -0.392 e. The maximum absolute atomic E-state index is 10.7. The minimum atomic E-state index is -0.198. The van der Waals surface area contributed by atoms with Crippen LogP contribution in [0.2, 0.25) is 0 Å². The van der Waals surface area contributed by atoms with Crippen molar-refractivity contribution in [1.29, 1.82) is 0 Å². The Morgan fingerprint density at radius 1 is 1.19 bits per heavy atom. The number of hydrogen-bond donors (Lipinski definition) is 2. The van der Waals surface area contributed by atoms with Crippen molar-refractivity contribution in [3.8, 4) is 0 Å². The minimum absolute atomic E-state index is 0.0149. The number of pyridine rings is 1. The number of rotatable bonds is 1. The number of aryl methyl sites for hydroxylation is 3. The molecular weight excluding hydrogens is 322 g/mol. The zero-order valence-corrected chi connectivity index (χ0v) is 15.7. The highest BCUT2D eigenvalue weighted by Crippen LogP contribution is 2.38. The largest absolute Gasteiger partial charge is 0.392 e. The lowest BCUT2D eigenvalue weighted by Gasteiger charge is -2.48. The molecule has 2 atom stereocenters. The molecular formula is C22H29N3O. The van der Waals surface area contributed by atoms with Crippen LogP contribution in [-0.2, 0) is 12.8 Å². The van der Waals surface area contributed by atoms with Gasteiger partial charge in [-0.05, 0) is 86.9 Å². The Morgan fingerprint density at radius 2 is 2.04 bits per heavy atom. The van der Waals surface area contributed by atoms with Crippen LogP contribution in [0, 0.1) is 12.3 Å². The molecule has 2 saturated heterocycles. The van der Waals surface area contributed by atoms with E-state index in [0.717, 1.165) is 56.8 Å². The summed E-state index contributed by atoms with van der Waals surface area (Å²) in [6, 6.07) is 6.95. The highest BCUT2D eigenvalue weighted by Gasteiger charge is 2.43. The zero-order valence-electron chi connectivity index (χ0n) is 15.7. The average molecular weight is 351 g/mol. The Balaban J connectivity index is 1.51. The Hall–Kier alpha value is -1.65. The number of benzene rings is 1. The predicted molar refractivity (Wildman–Crippen MR) is 106 cm³/mol. The van der Waals surface area contributed by atoms with Gasteiger partial charge in [-0.3, -0.25) is 0 Å². The van der Waals surface area contributed by atoms with Gasteiger partial charge in [-0.25, -0.2) is 4.98 Å². The number of hydrogen-bond acceptors (Lipinski definition) is 4. The van der Waals surface area contributed by atoms with Crippen molar-refractivity contribution in [2.24, 2.45) is 5.41 Å². The molecule has 1 spiro atoms. The highest BCUT2D eigenvalue weighted by atomic mass is 16.3. The number of aliphatic hydroxyl groups is 1. The number of nitrogens with zero attached hydrogens (tertiary/aromatic N) is 2. The van der Waals surface area contributed by atoms with E-state index < -0.39 is 0 Å². The van der Waals surface area contributed by atoms with Gasteiger partial charge in [0.2, 0.25) is 0 Å². The Kier molecular flexibility index (Phi) is 3.94. The zero-order chi connectivity index (χ0) is 17.7. The molecule has 0 amide bonds. The summed E-state index contributed by atoms with van der Waals surface area (Å²) in [7, 11) is 0. The average Bonchev–Trinajstić information content (AvgIpc) is 3.10. The van der Waals surface area contributed by atoms with Crippen LogP contribution >= 0.6 is 0 Å². The first-order chi connectivity index (χ1) is 12.6. The van der Waals surface area contributed by atoms with Crippen LogP contribution in [0.5, 0.6) is 0 Å². The molecule has 2 N–H and O–H groups in total. The van der Waals surface area contributed by atoms with Crippen molar-refractivity contribution in [3.63, 3.8) is 0 Å². The van der Waals surface area contributed by atoms with Gasteiger partial charge in [-0.1, -0.05) is 0 Å². The summed E-state index contributed by atoms with van der Waals surface area (Å²) in [6.07, 6.45) is 6.59. The molecule has 4 heteroatoms. The van der Waals surface area contributed by atoms with Crippen LogP contribution in [-0.4, -0.2) is 42.4 Å². The maximum atomic E-state index is 10.7. The van der Waals surface area contributed by atoms with Gasteiger partial charge in [0.25, 0.3) is 0 Å². The number of piperidine rings is 2. The fraction of sp³-hybridized carbons (Fsp3) is 0.591. The predicted octanol–water partition coefficient (Wildman–Crippen LogP) is 2.97. The van der Waals surface area contributed by atoms with Gasteiger partial charge in [0.15, 0.2) is 0 Å². The molecule has 2 aliphatic heterocycles.